The summed E-state index contributed by atoms with van der Waals surface area (Å²) >= 11 is 0. The minimum atomic E-state index is -4.52. The number of nitrogens with one attached hydrogen (secondary N) is 1. The number of halogens is 3. The number of nitrogens with zero attached hydrogens (tertiary/aromatic N) is 1. The third-order valence-electron chi connectivity index (χ3n) is 3.91. The predicted octanol–water partition coefficient (Wildman–Crippen LogP) is 5.29. The van der Waals surface area contributed by atoms with Gasteiger partial charge >= 0.3 is 6.18 Å². The molecule has 0 aliphatic carbocycles. The molecule has 1 amide bonds. The van der Waals surface area contributed by atoms with Crippen molar-refractivity contribution in [3.8, 4) is 5.75 Å². The van der Waals surface area contributed by atoms with Crippen molar-refractivity contribution in [3.05, 3.63) is 65.9 Å². The summed E-state index contributed by atoms with van der Waals surface area (Å²) in [5, 5.41) is 3.16. The van der Waals surface area contributed by atoms with Gasteiger partial charge in [0.05, 0.1) is 23.4 Å². The standard InChI is InChI=1S/C20H17F3N2O2/c1-2-11-27-18-9-8-13(20(21,22)23)12-17(18)25-19(26)15-5-3-7-16-14(15)6-4-10-24-16/h3-10,12H,2,11H2,1H3,(H,25,26). The maximum absolute atomic E-state index is 13.1. The molecular weight excluding hydrogens is 357 g/mol. The topological polar surface area (TPSA) is 51.2 Å². The maximum Gasteiger partial charge on any atom is 0.416 e. The molecule has 0 bridgehead atoms. The molecule has 4 nitrogen and oxygen atoms in total. The largest absolute Gasteiger partial charge is 0.491 e. The van der Waals surface area contributed by atoms with Crippen molar-refractivity contribution in [1.82, 2.24) is 4.98 Å². The molecule has 7 heteroatoms. The third kappa shape index (κ3) is 4.19. The van der Waals surface area contributed by atoms with E-state index in [1.54, 1.807) is 36.5 Å². The molecule has 0 aliphatic heterocycles. The van der Waals surface area contributed by atoms with Gasteiger partial charge in [-0.15, -0.1) is 0 Å². The first-order valence-electron chi connectivity index (χ1n) is 8.39. The van der Waals surface area contributed by atoms with Crippen LogP contribution in [-0.2, 0) is 6.18 Å². The second kappa shape index (κ2) is 7.65. The average molecular weight is 374 g/mol. The Bertz CT molecular complexity index is 966. The van der Waals surface area contributed by atoms with Crippen LogP contribution in [0.15, 0.2) is 54.7 Å². The van der Waals surface area contributed by atoms with Crippen LogP contribution in [0.25, 0.3) is 10.9 Å². The van der Waals surface area contributed by atoms with E-state index in [0.717, 1.165) is 12.1 Å². The fraction of sp³-hybridized carbons (Fsp3) is 0.200. The van der Waals surface area contributed by atoms with Gasteiger partial charge in [0.2, 0.25) is 0 Å². The number of rotatable bonds is 5. The number of hydrogen-bond donors (Lipinski definition) is 1. The molecule has 2 aromatic carbocycles. The summed E-state index contributed by atoms with van der Waals surface area (Å²) in [5.74, 6) is -0.342. The first-order valence-corrected chi connectivity index (χ1v) is 8.39. The fourth-order valence-electron chi connectivity index (χ4n) is 2.63. The summed E-state index contributed by atoms with van der Waals surface area (Å²) in [6.45, 7) is 2.21. The highest BCUT2D eigenvalue weighted by Crippen LogP contribution is 2.35. The Balaban J connectivity index is 1.98. The SMILES string of the molecule is CCCOc1ccc(C(F)(F)F)cc1NC(=O)c1cccc2ncccc12. The van der Waals surface area contributed by atoms with Crippen molar-refractivity contribution < 1.29 is 22.7 Å². The van der Waals surface area contributed by atoms with Crippen molar-refractivity contribution in [3.63, 3.8) is 0 Å². The number of anilines is 1. The summed E-state index contributed by atoms with van der Waals surface area (Å²) in [4.78, 5) is 16.9. The molecule has 0 spiro atoms. The van der Waals surface area contributed by atoms with E-state index >= 15 is 0 Å². The van der Waals surface area contributed by atoms with E-state index in [4.69, 9.17) is 4.74 Å². The summed E-state index contributed by atoms with van der Waals surface area (Å²) in [6.07, 6.45) is -2.23. The number of pyridine rings is 1. The molecule has 0 aliphatic rings. The summed E-state index contributed by atoms with van der Waals surface area (Å²) in [5.41, 5.74) is 0.0569. The Morgan fingerprint density at radius 1 is 1.15 bits per heavy atom. The zero-order chi connectivity index (χ0) is 19.4. The highest BCUT2D eigenvalue weighted by molar-refractivity contribution is 6.12. The molecule has 0 radical (unpaired) electrons. The Morgan fingerprint density at radius 2 is 1.96 bits per heavy atom. The second-order valence-corrected chi connectivity index (χ2v) is 5.89. The number of benzene rings is 2. The van der Waals surface area contributed by atoms with E-state index in [1.165, 1.54) is 6.07 Å². The lowest BCUT2D eigenvalue weighted by molar-refractivity contribution is -0.137. The highest BCUT2D eigenvalue weighted by Gasteiger charge is 2.31. The van der Waals surface area contributed by atoms with Gasteiger partial charge in [-0.1, -0.05) is 19.1 Å². The number of fused-ring (bicyclic) bond motifs is 1. The van der Waals surface area contributed by atoms with Crippen molar-refractivity contribution in [1.29, 1.82) is 0 Å². The molecule has 1 heterocycles. The Kier molecular flexibility index (Phi) is 5.30. The minimum Gasteiger partial charge on any atom is -0.491 e. The average Bonchev–Trinajstić information content (AvgIpc) is 2.65. The minimum absolute atomic E-state index is 0.0239. The van der Waals surface area contributed by atoms with Crippen LogP contribution in [0, 0.1) is 0 Å². The quantitative estimate of drug-likeness (QED) is 0.660. The molecule has 27 heavy (non-hydrogen) atoms. The number of hydrogen-bond acceptors (Lipinski definition) is 3. The van der Waals surface area contributed by atoms with Crippen molar-refractivity contribution in [2.75, 3.05) is 11.9 Å². The van der Waals surface area contributed by atoms with E-state index in [2.05, 4.69) is 10.3 Å². The predicted molar refractivity (Wildman–Crippen MR) is 96.9 cm³/mol. The van der Waals surface area contributed by atoms with Crippen LogP contribution in [0.1, 0.15) is 29.3 Å². The van der Waals surface area contributed by atoms with Crippen molar-refractivity contribution in [2.24, 2.45) is 0 Å². The van der Waals surface area contributed by atoms with Gasteiger partial charge in [0.15, 0.2) is 0 Å². The molecule has 0 fully saturated rings. The molecule has 0 atom stereocenters. The molecule has 1 N–H and O–H groups in total. The molecule has 0 saturated heterocycles. The van der Waals surface area contributed by atoms with Gasteiger partial charge in [-0.3, -0.25) is 9.78 Å². The zero-order valence-corrected chi connectivity index (χ0v) is 14.5. The molecular formula is C20H17F3N2O2. The van der Waals surface area contributed by atoms with Crippen LogP contribution in [0.2, 0.25) is 0 Å². The number of carbonyl (C=O) groups is 1. The number of carbonyl (C=O) groups excluding carboxylic acids is 1. The van der Waals surface area contributed by atoms with E-state index in [1.807, 2.05) is 6.92 Å². The summed E-state index contributed by atoms with van der Waals surface area (Å²) < 4.78 is 44.7. The lowest BCUT2D eigenvalue weighted by Crippen LogP contribution is -2.15. The molecule has 3 rings (SSSR count). The van der Waals surface area contributed by atoms with Gasteiger partial charge in [0, 0.05) is 17.1 Å². The van der Waals surface area contributed by atoms with E-state index in [0.29, 0.717) is 29.5 Å². The van der Waals surface area contributed by atoms with Gasteiger partial charge in [0.25, 0.3) is 5.91 Å². The summed E-state index contributed by atoms with van der Waals surface area (Å²) in [6, 6.07) is 11.5. The Hall–Kier alpha value is -3.09. The number of amides is 1. The van der Waals surface area contributed by atoms with Gasteiger partial charge in [-0.2, -0.15) is 13.2 Å². The van der Waals surface area contributed by atoms with E-state index in [-0.39, 0.29) is 11.4 Å². The zero-order valence-electron chi connectivity index (χ0n) is 14.5. The van der Waals surface area contributed by atoms with Crippen LogP contribution >= 0.6 is 0 Å². The summed E-state index contributed by atoms with van der Waals surface area (Å²) in [7, 11) is 0. The highest BCUT2D eigenvalue weighted by atomic mass is 19.4. The van der Waals surface area contributed by atoms with E-state index < -0.39 is 17.6 Å². The fourth-order valence-corrected chi connectivity index (χ4v) is 2.63. The van der Waals surface area contributed by atoms with Crippen LogP contribution in [0.3, 0.4) is 0 Å². The normalized spacial score (nSPS) is 11.4. The number of ether oxygens (including phenoxy) is 1. The van der Waals surface area contributed by atoms with Crippen molar-refractivity contribution in [2.45, 2.75) is 19.5 Å². The first kappa shape index (κ1) is 18.7. The van der Waals surface area contributed by atoms with Crippen LogP contribution < -0.4 is 10.1 Å². The molecule has 1 aromatic heterocycles. The number of aromatic nitrogens is 1. The lowest BCUT2D eigenvalue weighted by Gasteiger charge is -2.15. The smallest absolute Gasteiger partial charge is 0.416 e. The molecule has 3 aromatic rings. The second-order valence-electron chi connectivity index (χ2n) is 5.89. The molecule has 0 saturated carbocycles. The van der Waals surface area contributed by atoms with Crippen molar-refractivity contribution >= 4 is 22.5 Å². The van der Waals surface area contributed by atoms with Crippen LogP contribution in [-0.4, -0.2) is 17.5 Å². The van der Waals surface area contributed by atoms with E-state index in [9.17, 15) is 18.0 Å². The van der Waals surface area contributed by atoms with Crippen LogP contribution in [0.5, 0.6) is 5.75 Å². The van der Waals surface area contributed by atoms with Gasteiger partial charge in [0.1, 0.15) is 5.75 Å². The Labute approximate surface area is 154 Å². The molecule has 0 unspecified atom stereocenters. The molecule has 140 valence electrons. The van der Waals surface area contributed by atoms with Gasteiger partial charge < -0.3 is 10.1 Å². The van der Waals surface area contributed by atoms with Crippen LogP contribution in [0.4, 0.5) is 18.9 Å². The third-order valence-corrected chi connectivity index (χ3v) is 3.91. The first-order chi connectivity index (χ1) is 12.9. The lowest BCUT2D eigenvalue weighted by atomic mass is 10.1. The number of alkyl halides is 3. The van der Waals surface area contributed by atoms with Gasteiger partial charge in [-0.05, 0) is 42.8 Å². The van der Waals surface area contributed by atoms with Gasteiger partial charge in [-0.25, -0.2) is 0 Å². The Morgan fingerprint density at radius 3 is 2.70 bits per heavy atom. The monoisotopic (exact) mass is 374 g/mol. The maximum atomic E-state index is 13.1.